The van der Waals surface area contributed by atoms with Crippen molar-refractivity contribution in [3.8, 4) is 0 Å². The molecule has 130 valence electrons. The van der Waals surface area contributed by atoms with Crippen molar-refractivity contribution in [2.75, 3.05) is 26.2 Å². The predicted octanol–water partition coefficient (Wildman–Crippen LogP) is 1.81. The average Bonchev–Trinajstić information content (AvgIpc) is 3.02. The highest BCUT2D eigenvalue weighted by Gasteiger charge is 2.38. The van der Waals surface area contributed by atoms with Gasteiger partial charge in [-0.25, -0.2) is 0 Å². The van der Waals surface area contributed by atoms with Crippen LogP contribution in [0.5, 0.6) is 0 Å². The van der Waals surface area contributed by atoms with E-state index in [2.05, 4.69) is 29.1 Å². The number of nitrogens with zero attached hydrogens (tertiary/aromatic N) is 2. The van der Waals surface area contributed by atoms with Crippen LogP contribution in [0.25, 0.3) is 0 Å². The Labute approximate surface area is 134 Å². The van der Waals surface area contributed by atoms with Crippen molar-refractivity contribution in [3.63, 3.8) is 0 Å². The monoisotopic (exact) mass is 332 g/mol. The van der Waals surface area contributed by atoms with Crippen molar-refractivity contribution in [3.05, 3.63) is 24.5 Å². The molecule has 0 aromatic carbocycles. The second-order valence-electron chi connectivity index (χ2n) is 6.53. The van der Waals surface area contributed by atoms with Gasteiger partial charge in [0, 0.05) is 25.4 Å². The second-order valence-corrected chi connectivity index (χ2v) is 6.53. The minimum Gasteiger partial charge on any atom is -0.542 e. The number of halogens is 3. The van der Waals surface area contributed by atoms with Crippen LogP contribution < -0.4 is 5.11 Å². The van der Waals surface area contributed by atoms with E-state index in [1.165, 1.54) is 62.9 Å². The number of aliphatic carboxylic acids is 1. The number of aryl methyl sites for hydroxylation is 1. The first-order valence-corrected chi connectivity index (χ1v) is 8.05. The summed E-state index contributed by atoms with van der Waals surface area (Å²) in [5, 5.41) is 8.78. The third-order valence-corrected chi connectivity index (χ3v) is 4.98. The number of carbonyl (C=O) groups is 1. The Morgan fingerprint density at radius 3 is 2.04 bits per heavy atom. The highest BCUT2D eigenvalue weighted by atomic mass is 19.4. The largest absolute Gasteiger partial charge is 0.542 e. The fraction of sp³-hybridized carbons (Fsp3) is 0.688. The molecule has 2 bridgehead atoms. The molecule has 3 aliphatic heterocycles. The fourth-order valence-corrected chi connectivity index (χ4v) is 3.58. The van der Waals surface area contributed by atoms with Crippen molar-refractivity contribution in [2.45, 2.75) is 38.4 Å². The van der Waals surface area contributed by atoms with E-state index in [-0.39, 0.29) is 0 Å². The van der Waals surface area contributed by atoms with E-state index in [4.69, 9.17) is 9.90 Å². The number of carbonyl (C=O) groups excluding carboxylic acids is 1. The maximum Gasteiger partial charge on any atom is 0.430 e. The molecule has 0 saturated carbocycles. The Balaban J connectivity index is 0.000000236. The molecule has 4 rings (SSSR count). The number of alkyl halides is 3. The lowest BCUT2D eigenvalue weighted by Gasteiger charge is -2.49. The van der Waals surface area contributed by atoms with Gasteiger partial charge in [-0.2, -0.15) is 13.2 Å². The summed E-state index contributed by atoms with van der Waals surface area (Å²) in [6, 6.07) is 4.25. The van der Waals surface area contributed by atoms with E-state index in [9.17, 15) is 13.2 Å². The number of hydrogen-bond acceptors (Lipinski definition) is 2. The minimum atomic E-state index is -5.19. The summed E-state index contributed by atoms with van der Waals surface area (Å²) in [5.74, 6) is -1.92. The van der Waals surface area contributed by atoms with Crippen molar-refractivity contribution < 1.29 is 27.6 Å². The lowest BCUT2D eigenvalue weighted by Crippen LogP contribution is -2.58. The van der Waals surface area contributed by atoms with Gasteiger partial charge in [0.15, 0.2) is 0 Å². The molecule has 1 aromatic rings. The zero-order chi connectivity index (χ0) is 16.9. The van der Waals surface area contributed by atoms with E-state index in [1.807, 2.05) is 0 Å². The van der Waals surface area contributed by atoms with Crippen LogP contribution in [0.3, 0.4) is 0 Å². The summed E-state index contributed by atoms with van der Waals surface area (Å²) in [5.41, 5.74) is 0. The molecule has 0 unspecified atom stereocenters. The molecule has 4 nitrogen and oxygen atoms in total. The van der Waals surface area contributed by atoms with Gasteiger partial charge in [-0.3, -0.25) is 0 Å². The molecular weight excluding hydrogens is 309 g/mol. The molecule has 0 radical (unpaired) electrons. The van der Waals surface area contributed by atoms with Crippen LogP contribution in [0.2, 0.25) is 0 Å². The van der Waals surface area contributed by atoms with Crippen molar-refractivity contribution in [2.24, 2.45) is 5.92 Å². The number of quaternary nitrogens is 1. The highest BCUT2D eigenvalue weighted by Crippen LogP contribution is 2.33. The van der Waals surface area contributed by atoms with E-state index < -0.39 is 12.1 Å². The molecule has 3 fully saturated rings. The van der Waals surface area contributed by atoms with Gasteiger partial charge in [0.1, 0.15) is 5.97 Å². The maximum atomic E-state index is 10.5. The lowest BCUT2D eigenvalue weighted by molar-refractivity contribution is -0.942. The fourth-order valence-electron chi connectivity index (χ4n) is 3.58. The Hall–Kier alpha value is -1.50. The normalized spacial score (nSPS) is 26.5. The van der Waals surface area contributed by atoms with Gasteiger partial charge in [-0.05, 0) is 37.3 Å². The number of rotatable bonds is 4. The molecule has 3 saturated heterocycles. The van der Waals surface area contributed by atoms with Crippen LogP contribution >= 0.6 is 0 Å². The first kappa shape index (κ1) is 17.8. The summed E-state index contributed by atoms with van der Waals surface area (Å²) in [7, 11) is 0. The molecule has 3 aliphatic rings. The predicted molar refractivity (Wildman–Crippen MR) is 77.2 cm³/mol. The van der Waals surface area contributed by atoms with Crippen LogP contribution in [0, 0.1) is 5.92 Å². The molecule has 7 heteroatoms. The van der Waals surface area contributed by atoms with Crippen LogP contribution in [-0.2, 0) is 11.3 Å². The van der Waals surface area contributed by atoms with Gasteiger partial charge >= 0.3 is 6.18 Å². The van der Waals surface area contributed by atoms with E-state index in [1.54, 1.807) is 0 Å². The van der Waals surface area contributed by atoms with Gasteiger partial charge in [0.2, 0.25) is 0 Å². The Kier molecular flexibility index (Phi) is 5.73. The van der Waals surface area contributed by atoms with Gasteiger partial charge in [0.25, 0.3) is 0 Å². The van der Waals surface area contributed by atoms with Crippen molar-refractivity contribution in [1.82, 2.24) is 4.57 Å². The van der Waals surface area contributed by atoms with Crippen LogP contribution in [0.4, 0.5) is 13.2 Å². The van der Waals surface area contributed by atoms with Gasteiger partial charge in [-0.15, -0.1) is 0 Å². The van der Waals surface area contributed by atoms with Gasteiger partial charge < -0.3 is 19.0 Å². The number of fused-ring (bicyclic) bond motifs is 3. The van der Waals surface area contributed by atoms with Crippen molar-refractivity contribution in [1.29, 1.82) is 0 Å². The third-order valence-electron chi connectivity index (χ3n) is 4.98. The van der Waals surface area contributed by atoms with Gasteiger partial charge in [0.05, 0.1) is 26.2 Å². The van der Waals surface area contributed by atoms with Crippen molar-refractivity contribution >= 4 is 5.97 Å². The summed E-state index contributed by atoms with van der Waals surface area (Å²) in [6.45, 7) is 7.02. The first-order valence-electron chi connectivity index (χ1n) is 8.05. The molecule has 0 spiro atoms. The standard InChI is InChI=1S/C14H23N2.C2HF3O2/c1-2-8-15(7-1)9-3-10-16-11-4-14(5-12-16)6-13-16;3-2(4,5)1(6)7/h1-2,7-8,14H,3-6,9-13H2;(H,6,7)/q+1;/p-1. The molecular formula is C16H23F3N2O2. The molecule has 23 heavy (non-hydrogen) atoms. The summed E-state index contributed by atoms with van der Waals surface area (Å²) in [6.07, 6.45) is 5.03. The maximum absolute atomic E-state index is 10.5. The molecule has 0 atom stereocenters. The molecule has 4 heterocycles. The topological polar surface area (TPSA) is 45.1 Å². The van der Waals surface area contributed by atoms with E-state index in [0.29, 0.717) is 0 Å². The van der Waals surface area contributed by atoms with Crippen LogP contribution in [-0.4, -0.2) is 47.4 Å². The first-order chi connectivity index (χ1) is 10.8. The van der Waals surface area contributed by atoms with E-state index >= 15 is 0 Å². The number of piperidine rings is 3. The highest BCUT2D eigenvalue weighted by molar-refractivity contribution is 5.70. The molecule has 0 aliphatic carbocycles. The average molecular weight is 332 g/mol. The number of carboxylic acid groups (broad SMARTS) is 1. The summed E-state index contributed by atoms with van der Waals surface area (Å²) >= 11 is 0. The third kappa shape index (κ3) is 5.27. The second kappa shape index (κ2) is 7.38. The summed E-state index contributed by atoms with van der Waals surface area (Å²) < 4.78 is 35.3. The quantitative estimate of drug-likeness (QED) is 0.790. The zero-order valence-corrected chi connectivity index (χ0v) is 13.1. The number of carboxylic acids is 1. The van der Waals surface area contributed by atoms with Gasteiger partial charge in [-0.1, -0.05) is 0 Å². The summed E-state index contributed by atoms with van der Waals surface area (Å²) in [4.78, 5) is 8.78. The lowest BCUT2D eigenvalue weighted by atomic mass is 9.85. The smallest absolute Gasteiger partial charge is 0.430 e. The Morgan fingerprint density at radius 1 is 1.13 bits per heavy atom. The minimum absolute atomic E-state index is 1.09. The molecule has 0 amide bonds. The number of aromatic nitrogens is 1. The molecule has 0 N–H and O–H groups in total. The Bertz CT molecular complexity index is 478. The molecule has 1 aromatic heterocycles. The zero-order valence-electron chi connectivity index (χ0n) is 13.1. The van der Waals surface area contributed by atoms with Crippen LogP contribution in [0.15, 0.2) is 24.5 Å². The van der Waals surface area contributed by atoms with E-state index in [0.717, 1.165) is 5.92 Å². The Morgan fingerprint density at radius 2 is 1.61 bits per heavy atom. The number of hydrogen-bond donors (Lipinski definition) is 0. The SMILES string of the molecule is O=C([O-])C(F)(F)F.c1ccn(CCC[N+]23CCC(CC2)CC3)c1. The van der Waals surface area contributed by atoms with Crippen LogP contribution in [0.1, 0.15) is 25.7 Å².